The standard InChI is InChI=1S/C23H22Cl2F2N2O3/c1-22(2,3)9-15-23(17-13(26)7-10(24)8-14(17)28-21(23)32)16(19(29-15)20(30)31)11-5-4-6-12(25)18(11)27/h4-8,15-16,19,29H,9H2,1-3H3,(H,28,32)(H,30,31)/t15-,16-,19+,23+/m1/s1. The second kappa shape index (κ2) is 7.68. The number of halogens is 4. The number of amides is 1. The van der Waals surface area contributed by atoms with E-state index in [9.17, 15) is 14.7 Å². The van der Waals surface area contributed by atoms with Crippen LogP contribution in [-0.2, 0) is 15.0 Å². The first-order valence-corrected chi connectivity index (χ1v) is 10.9. The molecule has 1 spiro atoms. The van der Waals surface area contributed by atoms with E-state index in [1.807, 2.05) is 20.8 Å². The van der Waals surface area contributed by atoms with Crippen molar-refractivity contribution >= 4 is 40.8 Å². The highest BCUT2D eigenvalue weighted by Crippen LogP contribution is 2.57. The largest absolute Gasteiger partial charge is 0.480 e. The van der Waals surface area contributed by atoms with Crippen LogP contribution in [0.3, 0.4) is 0 Å². The summed E-state index contributed by atoms with van der Waals surface area (Å²) in [6.45, 7) is 5.78. The van der Waals surface area contributed by atoms with E-state index in [1.54, 1.807) is 0 Å². The van der Waals surface area contributed by atoms with Crippen LogP contribution in [0, 0.1) is 17.0 Å². The predicted octanol–water partition coefficient (Wildman–Crippen LogP) is 5.11. The summed E-state index contributed by atoms with van der Waals surface area (Å²) >= 11 is 12.0. The van der Waals surface area contributed by atoms with Gasteiger partial charge in [-0.3, -0.25) is 14.9 Å². The Morgan fingerprint density at radius 1 is 1.22 bits per heavy atom. The third-order valence-corrected chi connectivity index (χ3v) is 6.76. The van der Waals surface area contributed by atoms with Crippen molar-refractivity contribution in [3.63, 3.8) is 0 Å². The minimum absolute atomic E-state index is 0.0122. The molecular weight excluding hydrogens is 461 g/mol. The number of carbonyl (C=O) groups is 2. The second-order valence-electron chi connectivity index (χ2n) is 9.55. The summed E-state index contributed by atoms with van der Waals surface area (Å²) in [4.78, 5) is 26.0. The molecule has 2 aliphatic heterocycles. The fourth-order valence-corrected chi connectivity index (χ4v) is 5.60. The Kier molecular flexibility index (Phi) is 5.51. The van der Waals surface area contributed by atoms with Crippen LogP contribution >= 0.6 is 23.2 Å². The summed E-state index contributed by atoms with van der Waals surface area (Å²) in [7, 11) is 0. The van der Waals surface area contributed by atoms with E-state index in [4.69, 9.17) is 23.2 Å². The van der Waals surface area contributed by atoms with Gasteiger partial charge in [0.1, 0.15) is 23.1 Å². The van der Waals surface area contributed by atoms with Crippen molar-refractivity contribution in [1.29, 1.82) is 0 Å². The van der Waals surface area contributed by atoms with Crippen LogP contribution in [0.2, 0.25) is 10.0 Å². The number of hydrogen-bond donors (Lipinski definition) is 3. The second-order valence-corrected chi connectivity index (χ2v) is 10.4. The van der Waals surface area contributed by atoms with Gasteiger partial charge in [-0.2, -0.15) is 0 Å². The highest BCUT2D eigenvalue weighted by Gasteiger charge is 2.67. The van der Waals surface area contributed by atoms with Crippen molar-refractivity contribution in [2.24, 2.45) is 5.41 Å². The third kappa shape index (κ3) is 3.38. The number of rotatable bonds is 3. The Balaban J connectivity index is 2.08. The molecule has 2 aliphatic rings. The van der Waals surface area contributed by atoms with E-state index in [-0.39, 0.29) is 32.3 Å². The van der Waals surface area contributed by atoms with Crippen LogP contribution in [0.1, 0.15) is 44.2 Å². The molecule has 4 atom stereocenters. The monoisotopic (exact) mass is 482 g/mol. The Morgan fingerprint density at radius 3 is 2.53 bits per heavy atom. The lowest BCUT2D eigenvalue weighted by atomic mass is 9.62. The summed E-state index contributed by atoms with van der Waals surface area (Å²) in [5, 5.41) is 15.6. The van der Waals surface area contributed by atoms with Gasteiger partial charge in [-0.05, 0) is 35.6 Å². The Labute approximate surface area is 194 Å². The quantitative estimate of drug-likeness (QED) is 0.568. The predicted molar refractivity (Wildman–Crippen MR) is 118 cm³/mol. The Hall–Kier alpha value is -2.22. The number of carboxylic acids is 1. The maximum absolute atomic E-state index is 15.5. The maximum Gasteiger partial charge on any atom is 0.321 e. The minimum atomic E-state index is -1.73. The zero-order valence-corrected chi connectivity index (χ0v) is 19.1. The number of anilines is 1. The average Bonchev–Trinajstić information content (AvgIpc) is 3.13. The van der Waals surface area contributed by atoms with Crippen molar-refractivity contribution in [3.8, 4) is 0 Å². The zero-order valence-electron chi connectivity index (χ0n) is 17.6. The zero-order chi connectivity index (χ0) is 23.6. The number of benzene rings is 2. The van der Waals surface area contributed by atoms with E-state index in [0.29, 0.717) is 6.42 Å². The fourth-order valence-electron chi connectivity index (χ4n) is 5.22. The van der Waals surface area contributed by atoms with Crippen molar-refractivity contribution in [2.45, 2.75) is 50.6 Å². The van der Waals surface area contributed by atoms with Gasteiger partial charge in [-0.15, -0.1) is 0 Å². The van der Waals surface area contributed by atoms with Crippen LogP contribution in [-0.4, -0.2) is 29.1 Å². The highest BCUT2D eigenvalue weighted by atomic mass is 35.5. The fraction of sp³-hybridized carbons (Fsp3) is 0.391. The van der Waals surface area contributed by atoms with Crippen molar-refractivity contribution < 1.29 is 23.5 Å². The minimum Gasteiger partial charge on any atom is -0.480 e. The van der Waals surface area contributed by atoms with Gasteiger partial charge >= 0.3 is 5.97 Å². The summed E-state index contributed by atoms with van der Waals surface area (Å²) in [6.07, 6.45) is 0.324. The molecule has 2 aromatic rings. The van der Waals surface area contributed by atoms with Gasteiger partial charge in [0.05, 0.1) is 5.02 Å². The van der Waals surface area contributed by atoms with Crippen molar-refractivity contribution in [2.75, 3.05) is 5.32 Å². The normalized spacial score (nSPS) is 27.0. The van der Waals surface area contributed by atoms with E-state index in [1.165, 1.54) is 24.3 Å². The van der Waals surface area contributed by atoms with Gasteiger partial charge in [-0.25, -0.2) is 8.78 Å². The molecule has 2 heterocycles. The smallest absolute Gasteiger partial charge is 0.321 e. The van der Waals surface area contributed by atoms with Gasteiger partial charge in [0, 0.05) is 28.2 Å². The van der Waals surface area contributed by atoms with Crippen LogP contribution in [0.15, 0.2) is 30.3 Å². The molecule has 1 fully saturated rings. The molecule has 4 rings (SSSR count). The summed E-state index contributed by atoms with van der Waals surface area (Å²) < 4.78 is 30.7. The third-order valence-electron chi connectivity index (χ3n) is 6.25. The molecule has 9 heteroatoms. The van der Waals surface area contributed by atoms with Crippen LogP contribution < -0.4 is 10.6 Å². The molecule has 0 radical (unpaired) electrons. The molecule has 1 saturated heterocycles. The molecule has 0 unspecified atom stereocenters. The Bertz CT molecular complexity index is 1130. The Morgan fingerprint density at radius 2 is 1.91 bits per heavy atom. The lowest BCUT2D eigenvalue weighted by Gasteiger charge is -2.37. The van der Waals surface area contributed by atoms with E-state index in [0.717, 1.165) is 6.07 Å². The molecule has 3 N–H and O–H groups in total. The number of hydrogen-bond acceptors (Lipinski definition) is 3. The topological polar surface area (TPSA) is 78.4 Å². The molecule has 0 aliphatic carbocycles. The van der Waals surface area contributed by atoms with Gasteiger partial charge < -0.3 is 10.4 Å². The summed E-state index contributed by atoms with van der Waals surface area (Å²) in [6, 6.07) is 4.54. The van der Waals surface area contributed by atoms with Crippen molar-refractivity contribution in [3.05, 3.63) is 63.1 Å². The molecule has 32 heavy (non-hydrogen) atoms. The molecular formula is C23H22Cl2F2N2O3. The van der Waals surface area contributed by atoms with Crippen LogP contribution in [0.25, 0.3) is 0 Å². The number of fused-ring (bicyclic) bond motifs is 2. The highest BCUT2D eigenvalue weighted by molar-refractivity contribution is 6.31. The number of carbonyl (C=O) groups excluding carboxylic acids is 1. The average molecular weight is 483 g/mol. The van der Waals surface area contributed by atoms with Gasteiger partial charge in [0.2, 0.25) is 5.91 Å². The SMILES string of the molecule is CC(C)(C)C[C@H]1N[C@H](C(=O)O)[C@@H](c2cccc(Cl)c2F)[C@@]12C(=O)Nc1cc(Cl)cc(F)c12. The lowest BCUT2D eigenvalue weighted by molar-refractivity contribution is -0.139. The summed E-state index contributed by atoms with van der Waals surface area (Å²) in [5.41, 5.74) is -2.01. The van der Waals surface area contributed by atoms with Crippen molar-refractivity contribution in [1.82, 2.24) is 5.32 Å². The van der Waals surface area contributed by atoms with Gasteiger partial charge in [0.25, 0.3) is 0 Å². The first kappa shape index (κ1) is 23.0. The lowest BCUT2D eigenvalue weighted by Crippen LogP contribution is -2.50. The molecule has 0 saturated carbocycles. The molecule has 170 valence electrons. The summed E-state index contributed by atoms with van der Waals surface area (Å²) in [5.74, 6) is -4.74. The number of aliphatic carboxylic acids is 1. The van der Waals surface area contributed by atoms with Crippen LogP contribution in [0.4, 0.5) is 14.5 Å². The number of carboxylic acid groups (broad SMARTS) is 1. The first-order chi connectivity index (χ1) is 14.9. The molecule has 0 bridgehead atoms. The van der Waals surface area contributed by atoms with Crippen LogP contribution in [0.5, 0.6) is 0 Å². The molecule has 2 aromatic carbocycles. The maximum atomic E-state index is 15.5. The molecule has 5 nitrogen and oxygen atoms in total. The van der Waals surface area contributed by atoms with E-state index >= 15 is 8.78 Å². The first-order valence-electron chi connectivity index (χ1n) is 10.1. The van der Waals surface area contributed by atoms with Gasteiger partial charge in [0.15, 0.2) is 0 Å². The van der Waals surface area contributed by atoms with E-state index in [2.05, 4.69) is 10.6 Å². The van der Waals surface area contributed by atoms with Gasteiger partial charge in [-0.1, -0.05) is 56.1 Å². The molecule has 0 aromatic heterocycles. The molecule has 1 amide bonds. The number of nitrogens with one attached hydrogen (secondary N) is 2. The van der Waals surface area contributed by atoms with E-state index < -0.39 is 46.9 Å².